The molecule has 2 amide bonds. The molecule has 0 unspecified atom stereocenters. The van der Waals surface area contributed by atoms with E-state index in [9.17, 15) is 19.7 Å². The van der Waals surface area contributed by atoms with Crippen LogP contribution in [0.4, 0.5) is 17.3 Å². The van der Waals surface area contributed by atoms with Crippen molar-refractivity contribution in [1.82, 2.24) is 14.8 Å². The quantitative estimate of drug-likeness (QED) is 0.489. The monoisotopic (exact) mass is 412 g/mol. The Morgan fingerprint density at radius 3 is 2.69 bits per heavy atom. The van der Waals surface area contributed by atoms with Crippen molar-refractivity contribution in [3.8, 4) is 11.4 Å². The maximum Gasteiger partial charge on any atom is 0.292 e. The van der Waals surface area contributed by atoms with Crippen molar-refractivity contribution in [3.63, 3.8) is 0 Å². The van der Waals surface area contributed by atoms with E-state index in [-0.39, 0.29) is 23.7 Å². The maximum atomic E-state index is 12.4. The van der Waals surface area contributed by atoms with Gasteiger partial charge in [-0.15, -0.1) is 5.10 Å². The van der Waals surface area contributed by atoms with Crippen LogP contribution in [-0.2, 0) is 9.59 Å². The Morgan fingerprint density at radius 1 is 1.24 bits per heavy atom. The number of amides is 2. The van der Waals surface area contributed by atoms with Gasteiger partial charge in [-0.25, -0.2) is 4.68 Å². The van der Waals surface area contributed by atoms with E-state index in [1.807, 2.05) is 0 Å². The van der Waals surface area contributed by atoms with Crippen LogP contribution in [0.25, 0.3) is 11.4 Å². The third kappa shape index (κ3) is 3.65. The summed E-state index contributed by atoms with van der Waals surface area (Å²) >= 11 is 5.88. The Kier molecular flexibility index (Phi) is 4.69. The lowest BCUT2D eigenvalue weighted by Crippen LogP contribution is -2.24. The van der Waals surface area contributed by atoms with E-state index >= 15 is 0 Å². The SMILES string of the molecule is O=C(C[C@H]1C(=O)Nc2nc(-c3ccc(Cl)cc3)nn21)Nc1ccccc1[N+](=O)[O-]. The number of nitrogens with one attached hydrogen (secondary N) is 2. The zero-order valence-electron chi connectivity index (χ0n) is 14.7. The van der Waals surface area contributed by atoms with Crippen LogP contribution < -0.4 is 10.6 Å². The highest BCUT2D eigenvalue weighted by molar-refractivity contribution is 6.30. The number of carbonyl (C=O) groups excluding carboxylic acids is 2. The molecule has 10 nitrogen and oxygen atoms in total. The molecule has 0 fully saturated rings. The predicted molar refractivity (Wildman–Crippen MR) is 104 cm³/mol. The summed E-state index contributed by atoms with van der Waals surface area (Å²) in [5.41, 5.74) is 0.526. The molecule has 11 heteroatoms. The first-order chi connectivity index (χ1) is 13.9. The molecule has 0 saturated carbocycles. The first-order valence-corrected chi connectivity index (χ1v) is 8.87. The topological polar surface area (TPSA) is 132 Å². The third-order valence-electron chi connectivity index (χ3n) is 4.32. The number of nitro benzene ring substituents is 1. The maximum absolute atomic E-state index is 12.4. The van der Waals surface area contributed by atoms with Crippen LogP contribution >= 0.6 is 11.6 Å². The summed E-state index contributed by atoms with van der Waals surface area (Å²) in [6.45, 7) is 0. The molecule has 2 aromatic carbocycles. The molecule has 0 bridgehead atoms. The Bertz CT molecular complexity index is 1130. The zero-order valence-corrected chi connectivity index (χ0v) is 15.5. The van der Waals surface area contributed by atoms with Gasteiger partial charge < -0.3 is 5.32 Å². The average Bonchev–Trinajstić information content (AvgIpc) is 3.21. The van der Waals surface area contributed by atoms with Crippen molar-refractivity contribution in [2.24, 2.45) is 0 Å². The van der Waals surface area contributed by atoms with E-state index in [1.165, 1.54) is 22.9 Å². The fraction of sp³-hybridized carbons (Fsp3) is 0.111. The summed E-state index contributed by atoms with van der Waals surface area (Å²) in [6.07, 6.45) is -0.256. The van der Waals surface area contributed by atoms with Gasteiger partial charge in [-0.3, -0.25) is 25.0 Å². The molecular formula is C18H13ClN6O4. The molecule has 1 atom stereocenters. The van der Waals surface area contributed by atoms with Crippen molar-refractivity contribution < 1.29 is 14.5 Å². The van der Waals surface area contributed by atoms with Gasteiger partial charge in [0.2, 0.25) is 11.9 Å². The van der Waals surface area contributed by atoms with Gasteiger partial charge in [0.1, 0.15) is 11.7 Å². The van der Waals surface area contributed by atoms with Crippen molar-refractivity contribution >= 4 is 40.7 Å². The molecule has 1 aliphatic rings. The molecule has 29 heavy (non-hydrogen) atoms. The number of para-hydroxylation sites is 2. The summed E-state index contributed by atoms with van der Waals surface area (Å²) in [7, 11) is 0. The molecule has 1 aliphatic heterocycles. The fourth-order valence-electron chi connectivity index (χ4n) is 2.95. The van der Waals surface area contributed by atoms with Crippen LogP contribution in [-0.4, -0.2) is 31.5 Å². The Balaban J connectivity index is 1.53. The van der Waals surface area contributed by atoms with Crippen molar-refractivity contribution in [2.75, 3.05) is 10.6 Å². The highest BCUT2D eigenvalue weighted by Gasteiger charge is 2.35. The number of aromatic nitrogens is 3. The standard InChI is InChI=1S/C18H13ClN6O4/c19-11-7-5-10(6-8-11)16-21-18-22-17(27)14(24(18)23-16)9-15(26)20-12-3-1-2-4-13(12)25(28)29/h1-8,14H,9H2,(H,20,26)(H,21,22,23,27)/t14-/m0/s1. The van der Waals surface area contributed by atoms with Gasteiger partial charge in [-0.05, 0) is 30.3 Å². The highest BCUT2D eigenvalue weighted by Crippen LogP contribution is 2.30. The molecule has 0 spiro atoms. The summed E-state index contributed by atoms with van der Waals surface area (Å²) in [5.74, 6) is -0.388. The lowest BCUT2D eigenvalue weighted by Gasteiger charge is -2.10. The minimum Gasteiger partial charge on any atom is -0.320 e. The zero-order chi connectivity index (χ0) is 20.5. The van der Waals surface area contributed by atoms with Crippen LogP contribution in [0.3, 0.4) is 0 Å². The molecule has 2 heterocycles. The van der Waals surface area contributed by atoms with Crippen molar-refractivity contribution in [2.45, 2.75) is 12.5 Å². The van der Waals surface area contributed by atoms with E-state index in [4.69, 9.17) is 11.6 Å². The predicted octanol–water partition coefficient (Wildman–Crippen LogP) is 3.03. The number of rotatable bonds is 5. The lowest BCUT2D eigenvalue weighted by molar-refractivity contribution is -0.383. The van der Waals surface area contributed by atoms with Crippen LogP contribution in [0.2, 0.25) is 5.02 Å². The van der Waals surface area contributed by atoms with Crippen molar-refractivity contribution in [1.29, 1.82) is 0 Å². The molecule has 0 aliphatic carbocycles. The van der Waals surface area contributed by atoms with Crippen LogP contribution in [0, 0.1) is 10.1 Å². The number of halogens is 1. The summed E-state index contributed by atoms with van der Waals surface area (Å²) in [5, 5.41) is 21.0. The third-order valence-corrected chi connectivity index (χ3v) is 4.57. The number of carbonyl (C=O) groups is 2. The normalized spacial score (nSPS) is 14.9. The minimum atomic E-state index is -0.915. The average molecular weight is 413 g/mol. The lowest BCUT2D eigenvalue weighted by atomic mass is 10.2. The number of hydrogen-bond donors (Lipinski definition) is 2. The second-order valence-corrected chi connectivity index (χ2v) is 6.68. The van der Waals surface area contributed by atoms with E-state index in [0.29, 0.717) is 16.4 Å². The number of benzene rings is 2. The largest absolute Gasteiger partial charge is 0.320 e. The molecular weight excluding hydrogens is 400 g/mol. The molecule has 0 radical (unpaired) electrons. The summed E-state index contributed by atoms with van der Waals surface area (Å²) < 4.78 is 1.34. The second-order valence-electron chi connectivity index (χ2n) is 6.24. The van der Waals surface area contributed by atoms with Gasteiger partial charge in [-0.2, -0.15) is 4.98 Å². The Hall–Kier alpha value is -3.79. The summed E-state index contributed by atoms with van der Waals surface area (Å²) in [6, 6.07) is 11.7. The van der Waals surface area contributed by atoms with Crippen LogP contribution in [0.5, 0.6) is 0 Å². The Morgan fingerprint density at radius 2 is 1.97 bits per heavy atom. The van der Waals surface area contributed by atoms with Gasteiger partial charge in [-0.1, -0.05) is 23.7 Å². The van der Waals surface area contributed by atoms with Gasteiger partial charge in [0, 0.05) is 16.7 Å². The van der Waals surface area contributed by atoms with E-state index in [2.05, 4.69) is 20.7 Å². The van der Waals surface area contributed by atoms with Gasteiger partial charge in [0.05, 0.1) is 11.3 Å². The van der Waals surface area contributed by atoms with E-state index in [0.717, 1.165) is 0 Å². The number of nitro groups is 1. The van der Waals surface area contributed by atoms with Crippen LogP contribution in [0.15, 0.2) is 48.5 Å². The molecule has 0 saturated heterocycles. The van der Waals surface area contributed by atoms with Gasteiger partial charge in [0.15, 0.2) is 5.82 Å². The molecule has 2 N–H and O–H groups in total. The smallest absolute Gasteiger partial charge is 0.292 e. The number of hydrogen-bond acceptors (Lipinski definition) is 6. The Labute approximate surface area is 168 Å². The molecule has 3 aromatic rings. The van der Waals surface area contributed by atoms with E-state index < -0.39 is 22.8 Å². The molecule has 4 rings (SSSR count). The van der Waals surface area contributed by atoms with Gasteiger partial charge >= 0.3 is 0 Å². The minimum absolute atomic E-state index is 0.0570. The van der Waals surface area contributed by atoms with Gasteiger partial charge in [0.25, 0.3) is 11.6 Å². The first kappa shape index (κ1) is 18.6. The molecule has 146 valence electrons. The van der Waals surface area contributed by atoms with E-state index in [1.54, 1.807) is 30.3 Å². The first-order valence-electron chi connectivity index (χ1n) is 8.49. The summed E-state index contributed by atoms with van der Waals surface area (Å²) in [4.78, 5) is 39.4. The van der Waals surface area contributed by atoms with Crippen molar-refractivity contribution in [3.05, 3.63) is 63.7 Å². The number of nitrogens with zero attached hydrogens (tertiary/aromatic N) is 4. The number of anilines is 2. The fourth-order valence-corrected chi connectivity index (χ4v) is 3.07. The van der Waals surface area contributed by atoms with Crippen LogP contribution in [0.1, 0.15) is 12.5 Å². The second kappa shape index (κ2) is 7.32. The highest BCUT2D eigenvalue weighted by atomic mass is 35.5. The number of fused-ring (bicyclic) bond motifs is 1. The molecule has 1 aromatic heterocycles.